The van der Waals surface area contributed by atoms with Crippen LogP contribution in [0.25, 0.3) is 0 Å². The minimum absolute atomic E-state index is 0.000689. The fourth-order valence-corrected chi connectivity index (χ4v) is 1.72. The highest BCUT2D eigenvalue weighted by Gasteiger charge is 2.09. The van der Waals surface area contributed by atoms with Gasteiger partial charge in [0.2, 0.25) is 5.91 Å². The molecular formula is C15H24N2O2. The summed E-state index contributed by atoms with van der Waals surface area (Å²) in [6.07, 6.45) is 0.170. The number of hydrogen-bond acceptors (Lipinski definition) is 3. The lowest BCUT2D eigenvalue weighted by atomic mass is 10.1. The van der Waals surface area contributed by atoms with Crippen molar-refractivity contribution in [1.29, 1.82) is 0 Å². The fourth-order valence-electron chi connectivity index (χ4n) is 1.72. The Bertz CT molecular complexity index is 388. The molecule has 1 atom stereocenters. The van der Waals surface area contributed by atoms with Crippen molar-refractivity contribution in [2.24, 2.45) is 0 Å². The van der Waals surface area contributed by atoms with Crippen LogP contribution in [0.1, 0.15) is 39.3 Å². The highest BCUT2D eigenvalue weighted by atomic mass is 16.5. The van der Waals surface area contributed by atoms with Gasteiger partial charge in [-0.15, -0.1) is 0 Å². The van der Waals surface area contributed by atoms with E-state index in [2.05, 4.69) is 10.6 Å². The van der Waals surface area contributed by atoms with Crippen molar-refractivity contribution < 1.29 is 9.53 Å². The molecule has 0 aromatic heterocycles. The second-order valence-electron chi connectivity index (χ2n) is 4.81. The minimum atomic E-state index is -0.000689. The van der Waals surface area contributed by atoms with Crippen LogP contribution >= 0.6 is 0 Å². The Balaban J connectivity index is 2.52. The average Bonchev–Trinajstić information content (AvgIpc) is 2.36. The van der Waals surface area contributed by atoms with E-state index >= 15 is 0 Å². The van der Waals surface area contributed by atoms with E-state index < -0.39 is 0 Å². The lowest BCUT2D eigenvalue weighted by molar-refractivity contribution is -0.120. The third-order valence-corrected chi connectivity index (χ3v) is 2.66. The number of amides is 1. The summed E-state index contributed by atoms with van der Waals surface area (Å²) in [6.45, 7) is 9.10. The van der Waals surface area contributed by atoms with Gasteiger partial charge in [0.25, 0.3) is 0 Å². The van der Waals surface area contributed by atoms with Gasteiger partial charge in [-0.25, -0.2) is 0 Å². The molecule has 4 nitrogen and oxygen atoms in total. The van der Waals surface area contributed by atoms with Gasteiger partial charge in [-0.2, -0.15) is 0 Å². The Kier molecular flexibility index (Phi) is 6.36. The van der Waals surface area contributed by atoms with E-state index in [0.29, 0.717) is 6.54 Å². The quantitative estimate of drug-likeness (QED) is 0.794. The van der Waals surface area contributed by atoms with E-state index in [9.17, 15) is 4.79 Å². The van der Waals surface area contributed by atoms with Gasteiger partial charge < -0.3 is 15.4 Å². The van der Waals surface area contributed by atoms with E-state index in [1.807, 2.05) is 52.0 Å². The first-order chi connectivity index (χ1) is 9.02. The summed E-state index contributed by atoms with van der Waals surface area (Å²) in [7, 11) is 0. The third kappa shape index (κ3) is 5.75. The molecule has 0 radical (unpaired) electrons. The standard InChI is InChI=1S/C15H24N2O2/c1-5-16-10-15(18)17-12(4)13-6-8-14(9-7-13)19-11(2)3/h6-9,11-12,16H,5,10H2,1-4H3,(H,17,18). The van der Waals surface area contributed by atoms with Gasteiger partial charge in [-0.05, 0) is 45.0 Å². The summed E-state index contributed by atoms with van der Waals surface area (Å²) in [6, 6.07) is 7.83. The van der Waals surface area contributed by atoms with Crippen molar-refractivity contribution in [1.82, 2.24) is 10.6 Å². The van der Waals surface area contributed by atoms with E-state index in [1.165, 1.54) is 0 Å². The Hall–Kier alpha value is -1.55. The highest BCUT2D eigenvalue weighted by Crippen LogP contribution is 2.18. The summed E-state index contributed by atoms with van der Waals surface area (Å²) >= 11 is 0. The maximum absolute atomic E-state index is 11.6. The second-order valence-corrected chi connectivity index (χ2v) is 4.81. The molecule has 0 heterocycles. The van der Waals surface area contributed by atoms with Crippen molar-refractivity contribution in [3.8, 4) is 5.75 Å². The van der Waals surface area contributed by atoms with Gasteiger partial charge in [0.1, 0.15) is 5.75 Å². The van der Waals surface area contributed by atoms with Crippen LogP contribution in [-0.2, 0) is 4.79 Å². The Morgan fingerprint density at radius 1 is 1.21 bits per heavy atom. The smallest absolute Gasteiger partial charge is 0.234 e. The first-order valence-electron chi connectivity index (χ1n) is 6.79. The topological polar surface area (TPSA) is 50.4 Å². The first kappa shape index (κ1) is 15.5. The number of nitrogens with one attached hydrogen (secondary N) is 2. The number of likely N-dealkylation sites (N-methyl/N-ethyl adjacent to an activating group) is 1. The summed E-state index contributed by atoms with van der Waals surface area (Å²) in [5, 5.41) is 5.95. The van der Waals surface area contributed by atoms with Crippen molar-refractivity contribution in [3.63, 3.8) is 0 Å². The number of hydrogen-bond donors (Lipinski definition) is 2. The normalized spacial score (nSPS) is 12.3. The van der Waals surface area contributed by atoms with E-state index in [1.54, 1.807) is 0 Å². The van der Waals surface area contributed by atoms with Crippen LogP contribution in [0.2, 0.25) is 0 Å². The zero-order valence-corrected chi connectivity index (χ0v) is 12.2. The Morgan fingerprint density at radius 3 is 2.37 bits per heavy atom. The van der Waals surface area contributed by atoms with Crippen LogP contribution in [0.3, 0.4) is 0 Å². The maximum atomic E-state index is 11.6. The van der Waals surface area contributed by atoms with E-state index in [-0.39, 0.29) is 18.1 Å². The molecule has 1 rings (SSSR count). The molecule has 0 aliphatic rings. The third-order valence-electron chi connectivity index (χ3n) is 2.66. The number of rotatable bonds is 7. The Morgan fingerprint density at radius 2 is 1.84 bits per heavy atom. The Labute approximate surface area is 115 Å². The molecule has 1 aromatic rings. The van der Waals surface area contributed by atoms with Crippen molar-refractivity contribution in [2.75, 3.05) is 13.1 Å². The van der Waals surface area contributed by atoms with Crippen LogP contribution in [0.15, 0.2) is 24.3 Å². The fraction of sp³-hybridized carbons (Fsp3) is 0.533. The van der Waals surface area contributed by atoms with Crippen LogP contribution in [0, 0.1) is 0 Å². The van der Waals surface area contributed by atoms with E-state index in [0.717, 1.165) is 17.9 Å². The van der Waals surface area contributed by atoms with Crippen LogP contribution in [0.4, 0.5) is 0 Å². The molecule has 106 valence electrons. The SMILES string of the molecule is CCNCC(=O)NC(C)c1ccc(OC(C)C)cc1. The molecule has 0 saturated carbocycles. The van der Waals surface area contributed by atoms with Crippen LogP contribution < -0.4 is 15.4 Å². The molecular weight excluding hydrogens is 240 g/mol. The average molecular weight is 264 g/mol. The van der Waals surface area contributed by atoms with E-state index in [4.69, 9.17) is 4.74 Å². The minimum Gasteiger partial charge on any atom is -0.491 e. The summed E-state index contributed by atoms with van der Waals surface area (Å²) < 4.78 is 5.59. The van der Waals surface area contributed by atoms with Gasteiger partial charge in [0.15, 0.2) is 0 Å². The molecule has 1 aromatic carbocycles. The number of benzene rings is 1. The second kappa shape index (κ2) is 7.79. The molecule has 1 unspecified atom stereocenters. The molecule has 0 bridgehead atoms. The highest BCUT2D eigenvalue weighted by molar-refractivity contribution is 5.78. The van der Waals surface area contributed by atoms with Crippen molar-refractivity contribution in [3.05, 3.63) is 29.8 Å². The molecule has 0 aliphatic carbocycles. The molecule has 19 heavy (non-hydrogen) atoms. The summed E-state index contributed by atoms with van der Waals surface area (Å²) in [5.41, 5.74) is 1.07. The van der Waals surface area contributed by atoms with Gasteiger partial charge in [0, 0.05) is 0 Å². The first-order valence-corrected chi connectivity index (χ1v) is 6.79. The lowest BCUT2D eigenvalue weighted by Crippen LogP contribution is -2.35. The largest absolute Gasteiger partial charge is 0.491 e. The molecule has 0 spiro atoms. The maximum Gasteiger partial charge on any atom is 0.234 e. The molecule has 0 saturated heterocycles. The molecule has 4 heteroatoms. The van der Waals surface area contributed by atoms with Crippen molar-refractivity contribution >= 4 is 5.91 Å². The van der Waals surface area contributed by atoms with Crippen LogP contribution in [-0.4, -0.2) is 25.1 Å². The molecule has 0 fully saturated rings. The molecule has 2 N–H and O–H groups in total. The number of carbonyl (C=O) groups excluding carboxylic acids is 1. The molecule has 0 aliphatic heterocycles. The predicted molar refractivity (Wildman–Crippen MR) is 77.3 cm³/mol. The molecule has 1 amide bonds. The lowest BCUT2D eigenvalue weighted by Gasteiger charge is -2.16. The number of carbonyl (C=O) groups is 1. The number of ether oxygens (including phenoxy) is 1. The van der Waals surface area contributed by atoms with Crippen molar-refractivity contribution in [2.45, 2.75) is 39.8 Å². The summed E-state index contributed by atoms with van der Waals surface area (Å²) in [4.78, 5) is 11.6. The van der Waals surface area contributed by atoms with Gasteiger partial charge >= 0.3 is 0 Å². The van der Waals surface area contributed by atoms with Gasteiger partial charge in [-0.1, -0.05) is 19.1 Å². The predicted octanol–water partition coefficient (Wildman–Crippen LogP) is 2.26. The van der Waals surface area contributed by atoms with Crippen LogP contribution in [0.5, 0.6) is 5.75 Å². The monoisotopic (exact) mass is 264 g/mol. The zero-order valence-electron chi connectivity index (χ0n) is 12.2. The van der Waals surface area contributed by atoms with Gasteiger partial charge in [0.05, 0.1) is 18.7 Å². The zero-order chi connectivity index (χ0) is 14.3. The van der Waals surface area contributed by atoms with Gasteiger partial charge in [-0.3, -0.25) is 4.79 Å². The summed E-state index contributed by atoms with van der Waals surface area (Å²) in [5.74, 6) is 0.863.